The molecule has 0 bridgehead atoms. The lowest BCUT2D eigenvalue weighted by atomic mass is 10.1. The molecule has 0 saturated heterocycles. The van der Waals surface area contributed by atoms with Crippen LogP contribution in [0.1, 0.15) is 21.5 Å². The number of ether oxygens (including phenoxy) is 2. The summed E-state index contributed by atoms with van der Waals surface area (Å²) in [5.41, 5.74) is 1.49. The van der Waals surface area contributed by atoms with Crippen LogP contribution >= 0.6 is 0 Å². The van der Waals surface area contributed by atoms with Gasteiger partial charge in [-0.25, -0.2) is 4.79 Å². The van der Waals surface area contributed by atoms with Crippen molar-refractivity contribution in [1.29, 1.82) is 0 Å². The Morgan fingerprint density at radius 2 is 1.82 bits per heavy atom. The molecule has 0 aliphatic carbocycles. The number of aromatic hydroxyl groups is 2. The molecule has 0 radical (unpaired) electrons. The zero-order valence-electron chi connectivity index (χ0n) is 12.5. The molecule has 116 valence electrons. The molecule has 0 spiro atoms. The largest absolute Gasteiger partial charge is 0.504 e. The number of esters is 1. The van der Waals surface area contributed by atoms with Crippen molar-refractivity contribution in [3.05, 3.63) is 53.1 Å². The Hall–Kier alpha value is -2.69. The molecule has 0 fully saturated rings. The van der Waals surface area contributed by atoms with Crippen molar-refractivity contribution in [2.24, 2.45) is 0 Å². The smallest absolute Gasteiger partial charge is 0.342 e. The molecule has 2 aromatic carbocycles. The number of benzene rings is 2. The number of hydrogen-bond acceptors (Lipinski definition) is 5. The van der Waals surface area contributed by atoms with Crippen molar-refractivity contribution in [1.82, 2.24) is 0 Å². The first-order valence-corrected chi connectivity index (χ1v) is 6.87. The van der Waals surface area contributed by atoms with Crippen LogP contribution in [0.2, 0.25) is 0 Å². The topological polar surface area (TPSA) is 76.0 Å². The highest BCUT2D eigenvalue weighted by Gasteiger charge is 2.17. The molecule has 0 saturated carbocycles. The summed E-state index contributed by atoms with van der Waals surface area (Å²) in [6, 6.07) is 10.5. The van der Waals surface area contributed by atoms with E-state index in [4.69, 9.17) is 9.47 Å². The Morgan fingerprint density at radius 1 is 1.05 bits per heavy atom. The average Bonchev–Trinajstić information content (AvgIpc) is 2.49. The Kier molecular flexibility index (Phi) is 4.88. The van der Waals surface area contributed by atoms with E-state index >= 15 is 0 Å². The van der Waals surface area contributed by atoms with Gasteiger partial charge in [0.2, 0.25) is 0 Å². The Labute approximate surface area is 128 Å². The zero-order valence-corrected chi connectivity index (χ0v) is 12.5. The van der Waals surface area contributed by atoms with E-state index in [1.165, 1.54) is 12.1 Å². The summed E-state index contributed by atoms with van der Waals surface area (Å²) < 4.78 is 10.5. The van der Waals surface area contributed by atoms with E-state index in [1.54, 1.807) is 6.92 Å². The highest BCUT2D eigenvalue weighted by molar-refractivity contribution is 5.93. The minimum absolute atomic E-state index is 0.0425. The standard InChI is InChI=1S/C17H18O5/c1-11-4-3-5-13(10-11)21-8-9-22-17(20)14-7-6-12(2)15(18)16(14)19/h3-7,10,18-19H,8-9H2,1-2H3. The molecule has 0 atom stereocenters. The van der Waals surface area contributed by atoms with Crippen LogP contribution in [0.15, 0.2) is 36.4 Å². The molecule has 5 heteroatoms. The van der Waals surface area contributed by atoms with Gasteiger partial charge in [0.25, 0.3) is 0 Å². The summed E-state index contributed by atoms with van der Waals surface area (Å²) in [5.74, 6) is -0.789. The van der Waals surface area contributed by atoms with Crippen molar-refractivity contribution in [2.45, 2.75) is 13.8 Å². The summed E-state index contributed by atoms with van der Waals surface area (Å²) in [7, 11) is 0. The van der Waals surface area contributed by atoms with Crippen LogP contribution in [0.5, 0.6) is 17.2 Å². The summed E-state index contributed by atoms with van der Waals surface area (Å²) in [6.45, 7) is 3.83. The van der Waals surface area contributed by atoms with E-state index in [9.17, 15) is 15.0 Å². The van der Waals surface area contributed by atoms with E-state index in [-0.39, 0.29) is 24.5 Å². The molecule has 2 rings (SSSR count). The van der Waals surface area contributed by atoms with Crippen molar-refractivity contribution in [3.8, 4) is 17.2 Å². The van der Waals surface area contributed by atoms with E-state index in [2.05, 4.69) is 0 Å². The van der Waals surface area contributed by atoms with Gasteiger partial charge in [-0.05, 0) is 43.2 Å². The zero-order chi connectivity index (χ0) is 16.1. The molecule has 2 N–H and O–H groups in total. The maximum Gasteiger partial charge on any atom is 0.342 e. The molecule has 0 aliphatic heterocycles. The number of carbonyl (C=O) groups is 1. The predicted octanol–water partition coefficient (Wildman–Crippen LogP) is 2.95. The molecule has 5 nitrogen and oxygen atoms in total. The highest BCUT2D eigenvalue weighted by Crippen LogP contribution is 2.32. The SMILES string of the molecule is Cc1cccc(OCCOC(=O)c2ccc(C)c(O)c2O)c1. The summed E-state index contributed by atoms with van der Waals surface area (Å²) in [6.07, 6.45) is 0. The van der Waals surface area contributed by atoms with Gasteiger partial charge in [-0.3, -0.25) is 0 Å². The molecule has 0 heterocycles. The lowest BCUT2D eigenvalue weighted by molar-refractivity contribution is 0.0446. The Morgan fingerprint density at radius 3 is 2.55 bits per heavy atom. The molecule has 22 heavy (non-hydrogen) atoms. The molecule has 0 aliphatic rings. The first-order valence-electron chi connectivity index (χ1n) is 6.87. The third-order valence-corrected chi connectivity index (χ3v) is 3.15. The number of aryl methyl sites for hydroxylation is 2. The van der Waals surface area contributed by atoms with Crippen LogP contribution in [-0.2, 0) is 4.74 Å². The van der Waals surface area contributed by atoms with Crippen LogP contribution in [-0.4, -0.2) is 29.4 Å². The van der Waals surface area contributed by atoms with Gasteiger partial charge >= 0.3 is 5.97 Å². The van der Waals surface area contributed by atoms with E-state index in [0.717, 1.165) is 5.56 Å². The summed E-state index contributed by atoms with van der Waals surface area (Å²) in [4.78, 5) is 11.8. The van der Waals surface area contributed by atoms with Gasteiger partial charge in [0.1, 0.15) is 24.5 Å². The van der Waals surface area contributed by atoms with Gasteiger partial charge in [0.05, 0.1) is 0 Å². The van der Waals surface area contributed by atoms with Crippen LogP contribution in [0.4, 0.5) is 0 Å². The van der Waals surface area contributed by atoms with Crippen molar-refractivity contribution in [3.63, 3.8) is 0 Å². The van der Waals surface area contributed by atoms with E-state index in [0.29, 0.717) is 11.3 Å². The summed E-state index contributed by atoms with van der Waals surface area (Å²) in [5, 5.41) is 19.3. The van der Waals surface area contributed by atoms with Crippen molar-refractivity contribution >= 4 is 5.97 Å². The Bertz CT molecular complexity index is 679. The molecule has 0 unspecified atom stereocenters. The fourth-order valence-corrected chi connectivity index (χ4v) is 1.92. The van der Waals surface area contributed by atoms with Gasteiger partial charge in [0, 0.05) is 0 Å². The minimum atomic E-state index is -0.708. The Balaban J connectivity index is 1.87. The third-order valence-electron chi connectivity index (χ3n) is 3.15. The second-order valence-corrected chi connectivity index (χ2v) is 4.93. The predicted molar refractivity (Wildman–Crippen MR) is 81.5 cm³/mol. The number of carbonyl (C=O) groups excluding carboxylic acids is 1. The van der Waals surface area contributed by atoms with Crippen LogP contribution < -0.4 is 4.74 Å². The molecule has 0 aromatic heterocycles. The normalized spacial score (nSPS) is 10.3. The van der Waals surface area contributed by atoms with Crippen LogP contribution in [0, 0.1) is 13.8 Å². The first kappa shape index (κ1) is 15.7. The molecule has 0 amide bonds. The van der Waals surface area contributed by atoms with Crippen LogP contribution in [0.3, 0.4) is 0 Å². The fraction of sp³-hybridized carbons (Fsp3) is 0.235. The van der Waals surface area contributed by atoms with Crippen molar-refractivity contribution < 1.29 is 24.5 Å². The van der Waals surface area contributed by atoms with Crippen LogP contribution in [0.25, 0.3) is 0 Å². The molecular formula is C17H18O5. The number of phenols is 2. The van der Waals surface area contributed by atoms with E-state index in [1.807, 2.05) is 31.2 Å². The monoisotopic (exact) mass is 302 g/mol. The number of phenolic OH excluding ortho intramolecular Hbond substituents is 2. The van der Waals surface area contributed by atoms with Gasteiger partial charge in [-0.1, -0.05) is 18.2 Å². The van der Waals surface area contributed by atoms with Gasteiger partial charge in [-0.15, -0.1) is 0 Å². The lowest BCUT2D eigenvalue weighted by Gasteiger charge is -2.10. The van der Waals surface area contributed by atoms with E-state index < -0.39 is 11.7 Å². The molecule has 2 aromatic rings. The maximum absolute atomic E-state index is 11.8. The molecular weight excluding hydrogens is 284 g/mol. The average molecular weight is 302 g/mol. The third kappa shape index (κ3) is 3.69. The van der Waals surface area contributed by atoms with Gasteiger partial charge < -0.3 is 19.7 Å². The quantitative estimate of drug-likeness (QED) is 0.504. The number of rotatable bonds is 5. The van der Waals surface area contributed by atoms with Gasteiger partial charge in [-0.2, -0.15) is 0 Å². The lowest BCUT2D eigenvalue weighted by Crippen LogP contribution is -2.12. The highest BCUT2D eigenvalue weighted by atomic mass is 16.6. The van der Waals surface area contributed by atoms with Gasteiger partial charge in [0.15, 0.2) is 11.5 Å². The van der Waals surface area contributed by atoms with Crippen molar-refractivity contribution in [2.75, 3.05) is 13.2 Å². The second kappa shape index (κ2) is 6.85. The fourth-order valence-electron chi connectivity index (χ4n) is 1.92. The minimum Gasteiger partial charge on any atom is -0.504 e. The summed E-state index contributed by atoms with van der Waals surface area (Å²) >= 11 is 0. The number of hydrogen-bond donors (Lipinski definition) is 2. The second-order valence-electron chi connectivity index (χ2n) is 4.93. The maximum atomic E-state index is 11.8. The first-order chi connectivity index (χ1) is 10.5.